The second-order valence-electron chi connectivity index (χ2n) is 4.60. The molecule has 0 heterocycles. The standard InChI is InChI=1S/C17H18O4/c1-21-17-9-13(8-14(10-18)16(17)11-19)3-2-12-4-6-15(20)7-5-12/h2-9,18-20H,10-11H2,1H3. The molecule has 2 rings (SSSR count). The highest BCUT2D eigenvalue weighted by Gasteiger charge is 2.09. The van der Waals surface area contributed by atoms with Crippen molar-refractivity contribution in [2.75, 3.05) is 7.11 Å². The summed E-state index contributed by atoms with van der Waals surface area (Å²) in [6.07, 6.45) is 3.78. The van der Waals surface area contributed by atoms with Crippen LogP contribution in [-0.4, -0.2) is 22.4 Å². The number of aliphatic hydroxyl groups excluding tert-OH is 2. The molecule has 2 aromatic rings. The molecular weight excluding hydrogens is 268 g/mol. The molecule has 0 aliphatic carbocycles. The molecule has 4 heteroatoms. The van der Waals surface area contributed by atoms with E-state index in [-0.39, 0.29) is 19.0 Å². The Morgan fingerprint density at radius 1 is 0.952 bits per heavy atom. The Hall–Kier alpha value is -2.30. The van der Waals surface area contributed by atoms with Crippen molar-refractivity contribution in [2.45, 2.75) is 13.2 Å². The summed E-state index contributed by atoms with van der Waals surface area (Å²) in [7, 11) is 1.53. The van der Waals surface area contributed by atoms with Gasteiger partial charge in [0.15, 0.2) is 0 Å². The number of phenolic OH excluding ortho intramolecular Hbond substituents is 1. The van der Waals surface area contributed by atoms with Crippen LogP contribution in [0.3, 0.4) is 0 Å². The minimum absolute atomic E-state index is 0.160. The Morgan fingerprint density at radius 2 is 1.62 bits per heavy atom. The molecule has 0 radical (unpaired) electrons. The number of aliphatic hydroxyl groups is 2. The molecule has 21 heavy (non-hydrogen) atoms. The summed E-state index contributed by atoms with van der Waals surface area (Å²) >= 11 is 0. The summed E-state index contributed by atoms with van der Waals surface area (Å²) in [5, 5.41) is 28.0. The Balaban J connectivity index is 2.33. The van der Waals surface area contributed by atoms with Gasteiger partial charge in [-0.15, -0.1) is 0 Å². The molecule has 0 aliphatic heterocycles. The van der Waals surface area contributed by atoms with Gasteiger partial charge in [0.1, 0.15) is 11.5 Å². The van der Waals surface area contributed by atoms with Gasteiger partial charge in [0.2, 0.25) is 0 Å². The van der Waals surface area contributed by atoms with Crippen LogP contribution in [0.25, 0.3) is 12.2 Å². The van der Waals surface area contributed by atoms with E-state index in [4.69, 9.17) is 4.74 Å². The minimum Gasteiger partial charge on any atom is -0.508 e. The third-order valence-electron chi connectivity index (χ3n) is 3.23. The lowest BCUT2D eigenvalue weighted by atomic mass is 10.0. The van der Waals surface area contributed by atoms with E-state index in [0.717, 1.165) is 11.1 Å². The van der Waals surface area contributed by atoms with Crippen molar-refractivity contribution >= 4 is 12.2 Å². The maximum atomic E-state index is 9.39. The third-order valence-corrected chi connectivity index (χ3v) is 3.23. The smallest absolute Gasteiger partial charge is 0.125 e. The highest BCUT2D eigenvalue weighted by atomic mass is 16.5. The Bertz CT molecular complexity index is 605. The van der Waals surface area contributed by atoms with Crippen LogP contribution in [0.15, 0.2) is 36.4 Å². The fourth-order valence-electron chi connectivity index (χ4n) is 2.10. The summed E-state index contributed by atoms with van der Waals surface area (Å²) < 4.78 is 5.25. The second kappa shape index (κ2) is 6.92. The third kappa shape index (κ3) is 3.62. The van der Waals surface area contributed by atoms with Gasteiger partial charge in [-0.25, -0.2) is 0 Å². The van der Waals surface area contributed by atoms with Gasteiger partial charge in [-0.1, -0.05) is 24.3 Å². The number of hydrogen-bond acceptors (Lipinski definition) is 4. The number of methoxy groups -OCH3 is 1. The molecule has 0 amide bonds. The van der Waals surface area contributed by atoms with Crippen LogP contribution in [0.1, 0.15) is 22.3 Å². The van der Waals surface area contributed by atoms with Crippen LogP contribution in [-0.2, 0) is 13.2 Å². The highest BCUT2D eigenvalue weighted by Crippen LogP contribution is 2.26. The van der Waals surface area contributed by atoms with Crippen LogP contribution in [0.4, 0.5) is 0 Å². The molecule has 0 saturated carbocycles. The van der Waals surface area contributed by atoms with E-state index in [1.807, 2.05) is 24.3 Å². The van der Waals surface area contributed by atoms with Crippen molar-refractivity contribution in [3.05, 3.63) is 58.7 Å². The van der Waals surface area contributed by atoms with E-state index in [1.165, 1.54) is 7.11 Å². The molecule has 0 aliphatic rings. The highest BCUT2D eigenvalue weighted by molar-refractivity contribution is 5.71. The lowest BCUT2D eigenvalue weighted by Crippen LogP contribution is -1.99. The van der Waals surface area contributed by atoms with Gasteiger partial charge in [0.25, 0.3) is 0 Å². The van der Waals surface area contributed by atoms with Gasteiger partial charge >= 0.3 is 0 Å². The van der Waals surface area contributed by atoms with Gasteiger partial charge in [-0.05, 0) is 41.0 Å². The fourth-order valence-corrected chi connectivity index (χ4v) is 2.10. The van der Waals surface area contributed by atoms with E-state index in [1.54, 1.807) is 24.3 Å². The molecule has 0 fully saturated rings. The Labute approximate surface area is 123 Å². The summed E-state index contributed by atoms with van der Waals surface area (Å²) in [5.41, 5.74) is 3.05. The first kappa shape index (κ1) is 15.1. The first-order valence-corrected chi connectivity index (χ1v) is 6.56. The van der Waals surface area contributed by atoms with Crippen molar-refractivity contribution in [3.8, 4) is 11.5 Å². The number of phenols is 1. The van der Waals surface area contributed by atoms with Crippen LogP contribution >= 0.6 is 0 Å². The summed E-state index contributed by atoms with van der Waals surface area (Å²) in [4.78, 5) is 0. The number of ether oxygens (including phenoxy) is 1. The summed E-state index contributed by atoms with van der Waals surface area (Å²) in [6.45, 7) is -0.339. The zero-order valence-corrected chi connectivity index (χ0v) is 11.8. The molecule has 0 aromatic heterocycles. The van der Waals surface area contributed by atoms with E-state index in [9.17, 15) is 15.3 Å². The zero-order valence-electron chi connectivity index (χ0n) is 11.8. The largest absolute Gasteiger partial charge is 0.508 e. The van der Waals surface area contributed by atoms with Crippen molar-refractivity contribution in [3.63, 3.8) is 0 Å². The predicted octanol–water partition coefficient (Wildman–Crippen LogP) is 2.56. The molecule has 0 saturated heterocycles. The van der Waals surface area contributed by atoms with E-state index in [0.29, 0.717) is 16.9 Å². The van der Waals surface area contributed by atoms with Crippen molar-refractivity contribution < 1.29 is 20.1 Å². The van der Waals surface area contributed by atoms with Crippen molar-refractivity contribution in [2.24, 2.45) is 0 Å². The Morgan fingerprint density at radius 3 is 2.19 bits per heavy atom. The average molecular weight is 286 g/mol. The fraction of sp³-hybridized carbons (Fsp3) is 0.176. The van der Waals surface area contributed by atoms with Crippen LogP contribution in [0.2, 0.25) is 0 Å². The molecular formula is C17H18O4. The van der Waals surface area contributed by atoms with Gasteiger partial charge in [0, 0.05) is 5.56 Å². The monoisotopic (exact) mass is 286 g/mol. The van der Waals surface area contributed by atoms with E-state index >= 15 is 0 Å². The number of benzene rings is 2. The quantitative estimate of drug-likeness (QED) is 0.739. The van der Waals surface area contributed by atoms with Gasteiger partial charge in [-0.3, -0.25) is 0 Å². The summed E-state index contributed by atoms with van der Waals surface area (Å²) in [6, 6.07) is 10.5. The average Bonchev–Trinajstić information content (AvgIpc) is 2.53. The summed E-state index contributed by atoms with van der Waals surface area (Å²) in [5.74, 6) is 0.776. The predicted molar refractivity (Wildman–Crippen MR) is 81.9 cm³/mol. The zero-order chi connectivity index (χ0) is 15.2. The lowest BCUT2D eigenvalue weighted by molar-refractivity contribution is 0.254. The number of hydrogen-bond donors (Lipinski definition) is 3. The number of aromatic hydroxyl groups is 1. The van der Waals surface area contributed by atoms with E-state index in [2.05, 4.69) is 0 Å². The lowest BCUT2D eigenvalue weighted by Gasteiger charge is -2.12. The molecule has 2 aromatic carbocycles. The first-order valence-electron chi connectivity index (χ1n) is 6.56. The normalized spacial score (nSPS) is 11.0. The maximum Gasteiger partial charge on any atom is 0.125 e. The van der Waals surface area contributed by atoms with Crippen LogP contribution < -0.4 is 4.74 Å². The second-order valence-corrected chi connectivity index (χ2v) is 4.60. The minimum atomic E-state index is -0.180. The van der Waals surface area contributed by atoms with Crippen LogP contribution in [0, 0.1) is 0 Å². The van der Waals surface area contributed by atoms with Gasteiger partial charge in [-0.2, -0.15) is 0 Å². The van der Waals surface area contributed by atoms with Crippen LogP contribution in [0.5, 0.6) is 11.5 Å². The SMILES string of the molecule is COc1cc(C=Cc2ccc(O)cc2)cc(CO)c1CO. The first-order chi connectivity index (χ1) is 10.2. The molecule has 4 nitrogen and oxygen atoms in total. The molecule has 0 atom stereocenters. The van der Waals surface area contributed by atoms with Gasteiger partial charge < -0.3 is 20.1 Å². The molecule has 3 N–H and O–H groups in total. The van der Waals surface area contributed by atoms with Crippen molar-refractivity contribution in [1.29, 1.82) is 0 Å². The molecule has 110 valence electrons. The topological polar surface area (TPSA) is 69.9 Å². The molecule has 0 bridgehead atoms. The molecule has 0 unspecified atom stereocenters. The van der Waals surface area contributed by atoms with Crippen molar-refractivity contribution in [1.82, 2.24) is 0 Å². The Kier molecular flexibility index (Phi) is 4.98. The molecule has 0 spiro atoms. The van der Waals surface area contributed by atoms with Gasteiger partial charge in [0.05, 0.1) is 20.3 Å². The maximum absolute atomic E-state index is 9.39. The van der Waals surface area contributed by atoms with E-state index < -0.39 is 0 Å². The number of rotatable bonds is 5.